The number of nitrogens with zero attached hydrogens (tertiary/aromatic N) is 1. The third-order valence-corrected chi connectivity index (χ3v) is 8.60. The average molecular weight is 443 g/mol. The van der Waals surface area contributed by atoms with Gasteiger partial charge >= 0.3 is 6.61 Å². The Bertz CT molecular complexity index is 839. The summed E-state index contributed by atoms with van der Waals surface area (Å²) in [6.45, 7) is -0.589. The first-order valence-corrected chi connectivity index (χ1v) is 12.8. The van der Waals surface area contributed by atoms with Crippen LogP contribution in [0.4, 0.5) is 8.78 Å². The Morgan fingerprint density at radius 2 is 2.10 bits per heavy atom. The van der Waals surface area contributed by atoms with Gasteiger partial charge in [-0.25, -0.2) is 0 Å². The minimum atomic E-state index is -2.70. The number of aromatic nitrogens is 1. The van der Waals surface area contributed by atoms with Crippen LogP contribution in [0.3, 0.4) is 0 Å². The zero-order valence-corrected chi connectivity index (χ0v) is 18.1. The molecule has 2 fully saturated rings. The second-order valence-electron chi connectivity index (χ2n) is 7.92. The van der Waals surface area contributed by atoms with Crippen LogP contribution in [0.1, 0.15) is 24.8 Å². The standard InChI is InChI=1S/C21H28F2N2O2S2/c22-21(23)27-17-5-9-25(13-17)8-4-16-12-24-18-2-1-3-19(20(16)18)29(26)14-15-6-10-28-11-7-15/h1-3,12,15,17,21,24H,4-11,13-14H2/t17-,29?/m0/s1. The average Bonchev–Trinajstić information content (AvgIpc) is 3.33. The smallest absolute Gasteiger partial charge is 0.345 e. The van der Waals surface area contributed by atoms with Gasteiger partial charge in [0.05, 0.1) is 16.9 Å². The van der Waals surface area contributed by atoms with Crippen molar-refractivity contribution in [2.75, 3.05) is 36.9 Å². The molecule has 3 heterocycles. The van der Waals surface area contributed by atoms with Crippen molar-refractivity contribution in [3.05, 3.63) is 30.0 Å². The van der Waals surface area contributed by atoms with Crippen LogP contribution in [0.5, 0.6) is 0 Å². The second kappa shape index (κ2) is 9.90. The molecule has 8 heteroatoms. The van der Waals surface area contributed by atoms with Crippen molar-refractivity contribution in [1.82, 2.24) is 9.88 Å². The summed E-state index contributed by atoms with van der Waals surface area (Å²) in [6.07, 6.45) is 5.39. The molecule has 0 amide bonds. The third-order valence-electron chi connectivity index (χ3n) is 5.94. The summed E-state index contributed by atoms with van der Waals surface area (Å²) in [5, 5.41) is 1.08. The summed E-state index contributed by atoms with van der Waals surface area (Å²) in [7, 11) is -1.01. The fraction of sp³-hybridized carbons (Fsp3) is 0.619. The van der Waals surface area contributed by atoms with Gasteiger partial charge < -0.3 is 14.6 Å². The summed E-state index contributed by atoms with van der Waals surface area (Å²) in [6, 6.07) is 5.99. The van der Waals surface area contributed by atoms with Gasteiger partial charge in [-0.15, -0.1) is 0 Å². The molecule has 2 aromatic rings. The molecule has 0 aliphatic carbocycles. The number of nitrogens with one attached hydrogen (secondary N) is 1. The molecule has 1 N–H and O–H groups in total. The lowest BCUT2D eigenvalue weighted by Crippen LogP contribution is -2.26. The van der Waals surface area contributed by atoms with Gasteiger partial charge in [0.1, 0.15) is 0 Å². The molecule has 160 valence electrons. The lowest BCUT2D eigenvalue weighted by molar-refractivity contribution is -0.158. The Labute approximate surface area is 177 Å². The number of alkyl halides is 2. The highest BCUT2D eigenvalue weighted by atomic mass is 32.2. The number of hydrogen-bond donors (Lipinski definition) is 1. The number of fused-ring (bicyclic) bond motifs is 1. The molecule has 0 bridgehead atoms. The van der Waals surface area contributed by atoms with Crippen molar-refractivity contribution in [3.63, 3.8) is 0 Å². The van der Waals surface area contributed by atoms with Crippen LogP contribution in [-0.4, -0.2) is 63.7 Å². The number of thioether (sulfide) groups is 1. The number of hydrogen-bond acceptors (Lipinski definition) is 4. The number of rotatable bonds is 8. The first kappa shape index (κ1) is 21.3. The van der Waals surface area contributed by atoms with E-state index in [4.69, 9.17) is 0 Å². The Balaban J connectivity index is 1.43. The molecule has 2 aliphatic heterocycles. The highest BCUT2D eigenvalue weighted by Crippen LogP contribution is 2.30. The van der Waals surface area contributed by atoms with Crippen molar-refractivity contribution in [2.24, 2.45) is 5.92 Å². The van der Waals surface area contributed by atoms with Crippen LogP contribution in [0, 0.1) is 5.92 Å². The molecule has 1 unspecified atom stereocenters. The maximum atomic E-state index is 13.2. The summed E-state index contributed by atoms with van der Waals surface area (Å²) < 4.78 is 42.6. The molecule has 4 nitrogen and oxygen atoms in total. The van der Waals surface area contributed by atoms with Crippen molar-refractivity contribution in [3.8, 4) is 0 Å². The monoisotopic (exact) mass is 442 g/mol. The van der Waals surface area contributed by atoms with Gasteiger partial charge in [-0.2, -0.15) is 20.5 Å². The molecular formula is C21H28F2N2O2S2. The van der Waals surface area contributed by atoms with E-state index in [2.05, 4.69) is 14.6 Å². The minimum absolute atomic E-state index is 0.380. The summed E-state index contributed by atoms with van der Waals surface area (Å²) in [4.78, 5) is 6.42. The van der Waals surface area contributed by atoms with Gasteiger partial charge in [0.15, 0.2) is 0 Å². The van der Waals surface area contributed by atoms with E-state index in [-0.39, 0.29) is 6.10 Å². The van der Waals surface area contributed by atoms with Gasteiger partial charge in [0.2, 0.25) is 0 Å². The van der Waals surface area contributed by atoms with Crippen LogP contribution < -0.4 is 0 Å². The fourth-order valence-electron chi connectivity index (χ4n) is 4.36. The van der Waals surface area contributed by atoms with Crippen LogP contribution in [0.25, 0.3) is 10.9 Å². The zero-order valence-electron chi connectivity index (χ0n) is 16.4. The van der Waals surface area contributed by atoms with Crippen molar-refractivity contribution >= 4 is 33.5 Å². The third kappa shape index (κ3) is 5.40. The molecule has 1 aromatic carbocycles. The van der Waals surface area contributed by atoms with E-state index in [1.807, 2.05) is 36.2 Å². The molecule has 0 spiro atoms. The molecule has 2 saturated heterocycles. The number of ether oxygens (including phenoxy) is 1. The second-order valence-corrected chi connectivity index (χ2v) is 10.6. The van der Waals surface area contributed by atoms with Crippen molar-refractivity contribution in [2.45, 2.75) is 43.3 Å². The number of aromatic amines is 1. The van der Waals surface area contributed by atoms with E-state index in [1.54, 1.807) is 0 Å². The predicted octanol–water partition coefficient (Wildman–Crippen LogP) is 4.27. The molecule has 0 radical (unpaired) electrons. The summed E-state index contributed by atoms with van der Waals surface area (Å²) in [5.74, 6) is 3.63. The first-order valence-electron chi connectivity index (χ1n) is 10.3. The SMILES string of the molecule is O=S(CC1CCSCC1)c1cccc2[nH]cc(CCN3CC[C@H](OC(F)F)C3)c12. The molecule has 2 aliphatic rings. The van der Waals surface area contributed by atoms with Crippen LogP contribution in [-0.2, 0) is 22.0 Å². The number of likely N-dealkylation sites (tertiary alicyclic amines) is 1. The molecule has 4 rings (SSSR count). The predicted molar refractivity (Wildman–Crippen MR) is 115 cm³/mol. The van der Waals surface area contributed by atoms with Crippen LogP contribution >= 0.6 is 11.8 Å². The van der Waals surface area contributed by atoms with E-state index >= 15 is 0 Å². The van der Waals surface area contributed by atoms with Crippen LogP contribution in [0.2, 0.25) is 0 Å². The lowest BCUT2D eigenvalue weighted by atomic mass is 10.1. The van der Waals surface area contributed by atoms with E-state index < -0.39 is 17.4 Å². The highest BCUT2D eigenvalue weighted by Gasteiger charge is 2.26. The van der Waals surface area contributed by atoms with E-state index in [0.29, 0.717) is 18.9 Å². The molecule has 1 aromatic heterocycles. The Hall–Kier alpha value is -0.960. The first-order chi connectivity index (χ1) is 14.1. The van der Waals surface area contributed by atoms with Crippen molar-refractivity contribution in [1.29, 1.82) is 0 Å². The largest absolute Gasteiger partial charge is 0.361 e. The van der Waals surface area contributed by atoms with Crippen molar-refractivity contribution < 1.29 is 17.7 Å². The Morgan fingerprint density at radius 1 is 1.28 bits per heavy atom. The van der Waals surface area contributed by atoms with Gasteiger partial charge in [-0.1, -0.05) is 6.07 Å². The van der Waals surface area contributed by atoms with Gasteiger partial charge in [-0.3, -0.25) is 4.21 Å². The van der Waals surface area contributed by atoms with Gasteiger partial charge in [0.25, 0.3) is 0 Å². The number of H-pyrrole nitrogens is 1. The Morgan fingerprint density at radius 3 is 2.90 bits per heavy atom. The highest BCUT2D eigenvalue weighted by molar-refractivity contribution is 7.99. The number of benzene rings is 1. The fourth-order valence-corrected chi connectivity index (χ4v) is 7.20. The molecule has 0 saturated carbocycles. The van der Waals surface area contributed by atoms with Crippen LogP contribution in [0.15, 0.2) is 29.3 Å². The molecular weight excluding hydrogens is 414 g/mol. The van der Waals surface area contributed by atoms with Gasteiger partial charge in [0, 0.05) is 47.4 Å². The summed E-state index contributed by atoms with van der Waals surface area (Å²) in [5.41, 5.74) is 2.17. The van der Waals surface area contributed by atoms with Gasteiger partial charge in [-0.05, 0) is 60.8 Å². The zero-order chi connectivity index (χ0) is 20.2. The summed E-state index contributed by atoms with van der Waals surface area (Å²) >= 11 is 1.99. The normalized spacial score (nSPS) is 22.7. The molecule has 2 atom stereocenters. The maximum absolute atomic E-state index is 13.2. The quantitative estimate of drug-likeness (QED) is 0.663. The molecule has 29 heavy (non-hydrogen) atoms. The lowest BCUT2D eigenvalue weighted by Gasteiger charge is -2.21. The Kier molecular flexibility index (Phi) is 7.26. The maximum Gasteiger partial charge on any atom is 0.345 e. The topological polar surface area (TPSA) is 45.3 Å². The minimum Gasteiger partial charge on any atom is -0.361 e. The van der Waals surface area contributed by atoms with E-state index in [9.17, 15) is 13.0 Å². The number of halogens is 2. The van der Waals surface area contributed by atoms with E-state index in [1.165, 1.54) is 11.5 Å². The van der Waals surface area contributed by atoms with E-state index in [0.717, 1.165) is 59.5 Å².